The molecule has 0 aliphatic rings. The summed E-state index contributed by atoms with van der Waals surface area (Å²) < 4.78 is 5.57. The summed E-state index contributed by atoms with van der Waals surface area (Å²) in [7, 11) is 0. The van der Waals surface area contributed by atoms with E-state index in [0.29, 0.717) is 36.1 Å². The predicted molar refractivity (Wildman–Crippen MR) is 78.4 cm³/mol. The maximum atomic E-state index is 11.8. The third-order valence-electron chi connectivity index (χ3n) is 2.66. The molecule has 19 heavy (non-hydrogen) atoms. The van der Waals surface area contributed by atoms with Crippen LogP contribution in [0.4, 0.5) is 5.69 Å². The predicted octanol–water partition coefficient (Wildman–Crippen LogP) is 2.83. The maximum Gasteiger partial charge on any atom is 0.251 e. The summed E-state index contributed by atoms with van der Waals surface area (Å²) in [5, 5.41) is 2.86. The molecular weight excluding hydrogens is 240 g/mol. The third-order valence-corrected chi connectivity index (χ3v) is 2.66. The van der Waals surface area contributed by atoms with Gasteiger partial charge in [0.15, 0.2) is 0 Å². The number of benzene rings is 1. The van der Waals surface area contributed by atoms with Gasteiger partial charge < -0.3 is 15.8 Å². The fourth-order valence-corrected chi connectivity index (χ4v) is 1.56. The van der Waals surface area contributed by atoms with Gasteiger partial charge in [0.2, 0.25) is 0 Å². The Morgan fingerprint density at radius 2 is 2.16 bits per heavy atom. The largest absolute Gasteiger partial charge is 0.491 e. The molecular formula is C15H24N2O2. The number of hydrogen-bond acceptors (Lipinski definition) is 3. The molecule has 0 fully saturated rings. The van der Waals surface area contributed by atoms with Crippen LogP contribution in [-0.2, 0) is 0 Å². The SMILES string of the molecule is CCCCNC(=O)c1ccc(OCC(C)C)c(N)c1. The van der Waals surface area contributed by atoms with Crippen molar-refractivity contribution in [3.05, 3.63) is 23.8 Å². The van der Waals surface area contributed by atoms with Gasteiger partial charge in [-0.2, -0.15) is 0 Å². The lowest BCUT2D eigenvalue weighted by Crippen LogP contribution is -2.24. The maximum absolute atomic E-state index is 11.8. The van der Waals surface area contributed by atoms with Crippen LogP contribution >= 0.6 is 0 Å². The van der Waals surface area contributed by atoms with Crippen LogP contribution in [0.5, 0.6) is 5.75 Å². The number of ether oxygens (including phenoxy) is 1. The Bertz CT molecular complexity index is 417. The van der Waals surface area contributed by atoms with Crippen LogP contribution in [0.3, 0.4) is 0 Å². The first-order valence-corrected chi connectivity index (χ1v) is 6.85. The van der Waals surface area contributed by atoms with Gasteiger partial charge in [0.1, 0.15) is 5.75 Å². The Hall–Kier alpha value is -1.71. The van der Waals surface area contributed by atoms with Gasteiger partial charge in [-0.3, -0.25) is 4.79 Å². The van der Waals surface area contributed by atoms with E-state index in [9.17, 15) is 4.79 Å². The molecule has 0 aromatic heterocycles. The van der Waals surface area contributed by atoms with Crippen molar-refractivity contribution >= 4 is 11.6 Å². The Kier molecular flexibility index (Phi) is 6.19. The number of nitrogen functional groups attached to an aromatic ring is 1. The van der Waals surface area contributed by atoms with Crippen molar-refractivity contribution in [2.24, 2.45) is 5.92 Å². The number of unbranched alkanes of at least 4 members (excludes halogenated alkanes) is 1. The summed E-state index contributed by atoms with van der Waals surface area (Å²) in [4.78, 5) is 11.8. The first-order valence-electron chi connectivity index (χ1n) is 6.85. The summed E-state index contributed by atoms with van der Waals surface area (Å²) in [6, 6.07) is 5.16. The smallest absolute Gasteiger partial charge is 0.251 e. The normalized spacial score (nSPS) is 10.5. The molecule has 4 nitrogen and oxygen atoms in total. The number of rotatable bonds is 7. The molecule has 0 unspecified atom stereocenters. The average molecular weight is 264 g/mol. The van der Waals surface area contributed by atoms with Crippen molar-refractivity contribution in [3.63, 3.8) is 0 Å². The number of anilines is 1. The van der Waals surface area contributed by atoms with Gasteiger partial charge in [-0.15, -0.1) is 0 Å². The van der Waals surface area contributed by atoms with E-state index in [1.165, 1.54) is 0 Å². The van der Waals surface area contributed by atoms with E-state index in [2.05, 4.69) is 26.1 Å². The lowest BCUT2D eigenvalue weighted by molar-refractivity contribution is 0.0953. The van der Waals surface area contributed by atoms with Crippen LogP contribution in [0, 0.1) is 5.92 Å². The molecule has 0 spiro atoms. The highest BCUT2D eigenvalue weighted by atomic mass is 16.5. The van der Waals surface area contributed by atoms with Crippen molar-refractivity contribution in [1.82, 2.24) is 5.32 Å². The van der Waals surface area contributed by atoms with E-state index in [-0.39, 0.29) is 5.91 Å². The number of carbonyl (C=O) groups excluding carboxylic acids is 1. The number of nitrogens with two attached hydrogens (primary N) is 1. The molecule has 0 bridgehead atoms. The van der Waals surface area contributed by atoms with Crippen LogP contribution < -0.4 is 15.8 Å². The van der Waals surface area contributed by atoms with Gasteiger partial charge in [0.25, 0.3) is 5.91 Å². The van der Waals surface area contributed by atoms with E-state index >= 15 is 0 Å². The fourth-order valence-electron chi connectivity index (χ4n) is 1.56. The second-order valence-corrected chi connectivity index (χ2v) is 5.07. The lowest BCUT2D eigenvalue weighted by atomic mass is 10.1. The van der Waals surface area contributed by atoms with Crippen LogP contribution in [0.25, 0.3) is 0 Å². The van der Waals surface area contributed by atoms with E-state index in [1.807, 2.05) is 0 Å². The Balaban J connectivity index is 2.62. The minimum Gasteiger partial charge on any atom is -0.491 e. The topological polar surface area (TPSA) is 64.3 Å². The molecule has 0 radical (unpaired) electrons. The Labute approximate surface area is 115 Å². The average Bonchev–Trinajstić information content (AvgIpc) is 2.37. The molecule has 1 amide bonds. The van der Waals surface area contributed by atoms with Crippen molar-refractivity contribution in [2.75, 3.05) is 18.9 Å². The number of amides is 1. The first-order chi connectivity index (χ1) is 9.04. The van der Waals surface area contributed by atoms with Crippen LogP contribution in [0.1, 0.15) is 44.0 Å². The molecule has 106 valence electrons. The second-order valence-electron chi connectivity index (χ2n) is 5.07. The summed E-state index contributed by atoms with van der Waals surface area (Å²) >= 11 is 0. The number of nitrogens with one attached hydrogen (secondary N) is 1. The Morgan fingerprint density at radius 1 is 1.42 bits per heavy atom. The molecule has 0 aliphatic heterocycles. The van der Waals surface area contributed by atoms with Crippen molar-refractivity contribution in [2.45, 2.75) is 33.6 Å². The molecule has 1 aromatic rings. The highest BCUT2D eigenvalue weighted by molar-refractivity contribution is 5.95. The molecule has 0 atom stereocenters. The third kappa shape index (κ3) is 5.20. The van der Waals surface area contributed by atoms with Gasteiger partial charge in [0.05, 0.1) is 12.3 Å². The lowest BCUT2D eigenvalue weighted by Gasteiger charge is -2.12. The van der Waals surface area contributed by atoms with E-state index in [1.54, 1.807) is 18.2 Å². The molecule has 0 heterocycles. The minimum absolute atomic E-state index is 0.0874. The molecule has 1 aromatic carbocycles. The zero-order chi connectivity index (χ0) is 14.3. The van der Waals surface area contributed by atoms with Gasteiger partial charge in [-0.1, -0.05) is 27.2 Å². The van der Waals surface area contributed by atoms with Crippen molar-refractivity contribution in [1.29, 1.82) is 0 Å². The number of carbonyl (C=O) groups is 1. The highest BCUT2D eigenvalue weighted by Crippen LogP contribution is 2.23. The molecule has 4 heteroatoms. The summed E-state index contributed by atoms with van der Waals surface area (Å²) in [6.45, 7) is 7.55. The van der Waals surface area contributed by atoms with E-state index < -0.39 is 0 Å². The molecule has 0 saturated heterocycles. The summed E-state index contributed by atoms with van der Waals surface area (Å²) in [5.74, 6) is 0.991. The fraction of sp³-hybridized carbons (Fsp3) is 0.533. The van der Waals surface area contributed by atoms with Crippen molar-refractivity contribution in [3.8, 4) is 5.75 Å². The van der Waals surface area contributed by atoms with E-state index in [0.717, 1.165) is 12.8 Å². The first kappa shape index (κ1) is 15.3. The van der Waals surface area contributed by atoms with Gasteiger partial charge in [-0.25, -0.2) is 0 Å². The monoisotopic (exact) mass is 264 g/mol. The standard InChI is InChI=1S/C15H24N2O2/c1-4-5-8-17-15(18)12-6-7-14(13(16)9-12)19-10-11(2)3/h6-7,9,11H,4-5,8,10,16H2,1-3H3,(H,17,18). The highest BCUT2D eigenvalue weighted by Gasteiger charge is 2.08. The van der Waals surface area contributed by atoms with Crippen LogP contribution in [0.15, 0.2) is 18.2 Å². The Morgan fingerprint density at radius 3 is 2.74 bits per heavy atom. The van der Waals surface area contributed by atoms with Gasteiger partial charge >= 0.3 is 0 Å². The molecule has 1 rings (SSSR count). The van der Waals surface area contributed by atoms with Crippen molar-refractivity contribution < 1.29 is 9.53 Å². The second kappa shape index (κ2) is 7.67. The van der Waals surface area contributed by atoms with Crippen LogP contribution in [0.2, 0.25) is 0 Å². The summed E-state index contributed by atoms with van der Waals surface area (Å²) in [5.41, 5.74) is 6.97. The van der Waals surface area contributed by atoms with Gasteiger partial charge in [-0.05, 0) is 30.5 Å². The molecule has 0 saturated carbocycles. The molecule has 0 aliphatic carbocycles. The van der Waals surface area contributed by atoms with Gasteiger partial charge in [0, 0.05) is 12.1 Å². The van der Waals surface area contributed by atoms with E-state index in [4.69, 9.17) is 10.5 Å². The number of hydrogen-bond donors (Lipinski definition) is 2. The zero-order valence-electron chi connectivity index (χ0n) is 12.0. The van der Waals surface area contributed by atoms with Crippen LogP contribution in [-0.4, -0.2) is 19.1 Å². The summed E-state index contributed by atoms with van der Waals surface area (Å²) in [6.07, 6.45) is 2.04. The minimum atomic E-state index is -0.0874. The zero-order valence-corrected chi connectivity index (χ0v) is 12.0. The quantitative estimate of drug-likeness (QED) is 0.588. The molecule has 3 N–H and O–H groups in total.